The van der Waals surface area contributed by atoms with Gasteiger partial charge in [-0.05, 0) is 12.1 Å². The van der Waals surface area contributed by atoms with Crippen molar-refractivity contribution in [3.63, 3.8) is 0 Å². The van der Waals surface area contributed by atoms with E-state index in [1.807, 2.05) is 34.6 Å². The Labute approximate surface area is 98.6 Å². The Bertz CT molecular complexity index is 504. The standard InChI is InChI=1S/C12H13N3S/c13-6-11-10-7-16-8-12(10)15(14-11)9-4-2-1-3-5-9/h1-5H,6-8,13H2. The first kappa shape index (κ1) is 9.93. The number of para-hydroxylation sites is 1. The molecule has 0 atom stereocenters. The number of aromatic nitrogens is 2. The minimum Gasteiger partial charge on any atom is -0.325 e. The van der Waals surface area contributed by atoms with E-state index in [1.54, 1.807) is 0 Å². The monoisotopic (exact) mass is 231 g/mol. The highest BCUT2D eigenvalue weighted by molar-refractivity contribution is 7.98. The van der Waals surface area contributed by atoms with Gasteiger partial charge in [-0.25, -0.2) is 4.68 Å². The van der Waals surface area contributed by atoms with Gasteiger partial charge in [0.25, 0.3) is 0 Å². The molecular formula is C12H13N3S. The topological polar surface area (TPSA) is 43.8 Å². The molecule has 0 radical (unpaired) electrons. The number of benzene rings is 1. The van der Waals surface area contributed by atoms with Crippen LogP contribution in [0.5, 0.6) is 0 Å². The van der Waals surface area contributed by atoms with Crippen LogP contribution in [0.2, 0.25) is 0 Å². The molecule has 0 bridgehead atoms. The Morgan fingerprint density at radius 1 is 1.25 bits per heavy atom. The van der Waals surface area contributed by atoms with Crippen LogP contribution in [0, 0.1) is 0 Å². The van der Waals surface area contributed by atoms with Crippen molar-refractivity contribution in [1.82, 2.24) is 9.78 Å². The van der Waals surface area contributed by atoms with Crippen molar-refractivity contribution in [2.45, 2.75) is 18.1 Å². The third kappa shape index (κ3) is 1.45. The summed E-state index contributed by atoms with van der Waals surface area (Å²) in [5.41, 5.74) is 10.6. The molecule has 0 spiro atoms. The fourth-order valence-corrected chi connectivity index (χ4v) is 3.18. The number of hydrogen-bond donors (Lipinski definition) is 1. The molecule has 0 fully saturated rings. The van der Waals surface area contributed by atoms with E-state index in [0.717, 1.165) is 22.9 Å². The molecule has 0 saturated heterocycles. The van der Waals surface area contributed by atoms with E-state index < -0.39 is 0 Å². The molecule has 3 rings (SSSR count). The summed E-state index contributed by atoms with van der Waals surface area (Å²) in [6.45, 7) is 0.530. The number of nitrogens with two attached hydrogens (primary N) is 1. The van der Waals surface area contributed by atoms with Crippen molar-refractivity contribution in [2.24, 2.45) is 5.73 Å². The quantitative estimate of drug-likeness (QED) is 0.860. The highest BCUT2D eigenvalue weighted by Gasteiger charge is 2.22. The predicted octanol–water partition coefficient (Wildman–Crippen LogP) is 2.08. The second-order valence-corrected chi connectivity index (χ2v) is 4.80. The second kappa shape index (κ2) is 3.96. The molecule has 0 saturated carbocycles. The van der Waals surface area contributed by atoms with Crippen LogP contribution in [0.3, 0.4) is 0 Å². The van der Waals surface area contributed by atoms with Gasteiger partial charge >= 0.3 is 0 Å². The van der Waals surface area contributed by atoms with E-state index in [2.05, 4.69) is 17.2 Å². The molecule has 2 N–H and O–H groups in total. The van der Waals surface area contributed by atoms with E-state index in [4.69, 9.17) is 5.73 Å². The number of rotatable bonds is 2. The summed E-state index contributed by atoms with van der Waals surface area (Å²) in [6, 6.07) is 10.3. The van der Waals surface area contributed by atoms with Crippen LogP contribution in [-0.2, 0) is 18.1 Å². The fourth-order valence-electron chi connectivity index (χ4n) is 2.05. The average Bonchev–Trinajstić information content (AvgIpc) is 2.91. The Morgan fingerprint density at radius 2 is 2.06 bits per heavy atom. The van der Waals surface area contributed by atoms with Gasteiger partial charge in [-0.2, -0.15) is 16.9 Å². The lowest BCUT2D eigenvalue weighted by atomic mass is 10.2. The molecular weight excluding hydrogens is 218 g/mol. The van der Waals surface area contributed by atoms with E-state index >= 15 is 0 Å². The molecule has 2 heterocycles. The molecule has 82 valence electrons. The molecule has 16 heavy (non-hydrogen) atoms. The lowest BCUT2D eigenvalue weighted by molar-refractivity contribution is 0.809. The van der Waals surface area contributed by atoms with Crippen LogP contribution in [0.4, 0.5) is 0 Å². The van der Waals surface area contributed by atoms with Crippen LogP contribution in [-0.4, -0.2) is 9.78 Å². The molecule has 4 heteroatoms. The SMILES string of the molecule is NCc1nn(-c2ccccc2)c2c1CSC2. The zero-order valence-electron chi connectivity index (χ0n) is 8.89. The van der Waals surface area contributed by atoms with E-state index in [1.165, 1.54) is 11.3 Å². The van der Waals surface area contributed by atoms with E-state index in [0.29, 0.717) is 6.54 Å². The van der Waals surface area contributed by atoms with Crippen molar-refractivity contribution in [1.29, 1.82) is 0 Å². The first-order chi connectivity index (χ1) is 7.90. The third-order valence-corrected chi connectivity index (χ3v) is 3.82. The summed E-state index contributed by atoms with van der Waals surface area (Å²) in [4.78, 5) is 0. The van der Waals surface area contributed by atoms with Gasteiger partial charge in [0.1, 0.15) is 0 Å². The maximum absolute atomic E-state index is 5.73. The minimum atomic E-state index is 0.530. The molecule has 2 aromatic rings. The highest BCUT2D eigenvalue weighted by atomic mass is 32.2. The van der Waals surface area contributed by atoms with Gasteiger partial charge < -0.3 is 5.73 Å². The number of hydrogen-bond acceptors (Lipinski definition) is 3. The number of thioether (sulfide) groups is 1. The molecule has 0 aliphatic carbocycles. The summed E-state index contributed by atoms with van der Waals surface area (Å²) < 4.78 is 2.04. The van der Waals surface area contributed by atoms with Crippen LogP contribution in [0.15, 0.2) is 30.3 Å². The van der Waals surface area contributed by atoms with Crippen molar-refractivity contribution in [3.05, 3.63) is 47.3 Å². The van der Waals surface area contributed by atoms with Crippen LogP contribution >= 0.6 is 11.8 Å². The smallest absolute Gasteiger partial charge is 0.0808 e. The van der Waals surface area contributed by atoms with Crippen molar-refractivity contribution >= 4 is 11.8 Å². The highest BCUT2D eigenvalue weighted by Crippen LogP contribution is 2.33. The first-order valence-corrected chi connectivity index (χ1v) is 6.48. The van der Waals surface area contributed by atoms with Crippen LogP contribution in [0.25, 0.3) is 5.69 Å². The van der Waals surface area contributed by atoms with Gasteiger partial charge in [-0.3, -0.25) is 0 Å². The summed E-state index contributed by atoms with van der Waals surface area (Å²) in [5.74, 6) is 2.09. The fraction of sp³-hybridized carbons (Fsp3) is 0.250. The van der Waals surface area contributed by atoms with Crippen LogP contribution < -0.4 is 5.73 Å². The lowest BCUT2D eigenvalue weighted by Gasteiger charge is -2.04. The molecule has 0 unspecified atom stereocenters. The lowest BCUT2D eigenvalue weighted by Crippen LogP contribution is -2.03. The Kier molecular flexibility index (Phi) is 2.46. The van der Waals surface area contributed by atoms with Crippen molar-refractivity contribution < 1.29 is 0 Å². The third-order valence-electron chi connectivity index (χ3n) is 2.85. The maximum atomic E-state index is 5.73. The number of fused-ring (bicyclic) bond motifs is 1. The maximum Gasteiger partial charge on any atom is 0.0808 e. The van der Waals surface area contributed by atoms with Gasteiger partial charge in [0, 0.05) is 23.6 Å². The van der Waals surface area contributed by atoms with Gasteiger partial charge in [-0.1, -0.05) is 18.2 Å². The summed E-state index contributed by atoms with van der Waals surface area (Å²) >= 11 is 1.93. The predicted molar refractivity (Wildman–Crippen MR) is 66.5 cm³/mol. The molecule has 1 aromatic heterocycles. The Hall–Kier alpha value is -1.26. The summed E-state index contributed by atoms with van der Waals surface area (Å²) in [6.07, 6.45) is 0. The van der Waals surface area contributed by atoms with Crippen LogP contribution in [0.1, 0.15) is 17.0 Å². The van der Waals surface area contributed by atoms with Gasteiger partial charge in [0.2, 0.25) is 0 Å². The zero-order chi connectivity index (χ0) is 11.0. The first-order valence-electron chi connectivity index (χ1n) is 5.33. The summed E-state index contributed by atoms with van der Waals surface area (Å²) in [7, 11) is 0. The van der Waals surface area contributed by atoms with Gasteiger partial charge in [0.15, 0.2) is 0 Å². The van der Waals surface area contributed by atoms with Gasteiger partial charge in [-0.15, -0.1) is 0 Å². The molecule has 3 nitrogen and oxygen atoms in total. The number of nitrogens with zero attached hydrogens (tertiary/aromatic N) is 2. The normalized spacial score (nSPS) is 14.1. The van der Waals surface area contributed by atoms with Crippen molar-refractivity contribution in [2.75, 3.05) is 0 Å². The van der Waals surface area contributed by atoms with Crippen molar-refractivity contribution in [3.8, 4) is 5.69 Å². The minimum absolute atomic E-state index is 0.530. The Balaban J connectivity index is 2.15. The molecule has 1 aromatic carbocycles. The average molecular weight is 231 g/mol. The van der Waals surface area contributed by atoms with E-state index in [-0.39, 0.29) is 0 Å². The largest absolute Gasteiger partial charge is 0.325 e. The Morgan fingerprint density at radius 3 is 2.81 bits per heavy atom. The molecule has 1 aliphatic rings. The molecule has 1 aliphatic heterocycles. The van der Waals surface area contributed by atoms with Gasteiger partial charge in [0.05, 0.1) is 17.1 Å². The second-order valence-electron chi connectivity index (χ2n) is 3.82. The van der Waals surface area contributed by atoms with E-state index in [9.17, 15) is 0 Å². The zero-order valence-corrected chi connectivity index (χ0v) is 9.70. The molecule has 0 amide bonds. The summed E-state index contributed by atoms with van der Waals surface area (Å²) in [5, 5.41) is 4.60.